The minimum atomic E-state index is 0.0716. The van der Waals surface area contributed by atoms with Gasteiger partial charge in [-0.15, -0.1) is 0 Å². The van der Waals surface area contributed by atoms with Gasteiger partial charge < -0.3 is 14.8 Å². The Hall–Kier alpha value is -2.53. The second-order valence-electron chi connectivity index (χ2n) is 7.26. The standard InChI is InChI=1S/C23H30N2O3/c1-17-7-4-5-8-18(17)12-13-24-23(26)16-25-14-6-9-21(25)20-15-19(27-2)10-11-22(20)28-3/h4-5,7-8,10-11,15,21H,6,9,12-14,16H2,1-3H3,(H,24,26)/t21-/m0/s1. The van der Waals surface area contributed by atoms with Crippen LogP contribution < -0.4 is 14.8 Å². The minimum absolute atomic E-state index is 0.0716. The van der Waals surface area contributed by atoms with Gasteiger partial charge in [0.1, 0.15) is 11.5 Å². The summed E-state index contributed by atoms with van der Waals surface area (Å²) in [5, 5.41) is 3.07. The van der Waals surface area contributed by atoms with Gasteiger partial charge in [0.15, 0.2) is 0 Å². The van der Waals surface area contributed by atoms with E-state index in [9.17, 15) is 4.79 Å². The summed E-state index contributed by atoms with van der Waals surface area (Å²) in [6.45, 7) is 4.08. The van der Waals surface area contributed by atoms with E-state index < -0.39 is 0 Å². The molecule has 3 rings (SSSR count). The summed E-state index contributed by atoms with van der Waals surface area (Å²) in [7, 11) is 3.35. The first-order chi connectivity index (χ1) is 13.6. The maximum Gasteiger partial charge on any atom is 0.234 e. The van der Waals surface area contributed by atoms with Crippen molar-refractivity contribution in [3.05, 3.63) is 59.2 Å². The van der Waals surface area contributed by atoms with E-state index in [0.717, 1.165) is 42.9 Å². The average molecular weight is 383 g/mol. The van der Waals surface area contributed by atoms with Crippen molar-refractivity contribution < 1.29 is 14.3 Å². The normalized spacial score (nSPS) is 16.8. The van der Waals surface area contributed by atoms with Crippen LogP contribution in [0, 0.1) is 6.92 Å². The van der Waals surface area contributed by atoms with Crippen LogP contribution in [0.1, 0.15) is 35.6 Å². The number of rotatable bonds is 8. The van der Waals surface area contributed by atoms with Gasteiger partial charge in [0.2, 0.25) is 5.91 Å². The summed E-state index contributed by atoms with van der Waals surface area (Å²) in [6.07, 6.45) is 2.94. The van der Waals surface area contributed by atoms with Gasteiger partial charge >= 0.3 is 0 Å². The predicted octanol–water partition coefficient (Wildman–Crippen LogP) is 3.51. The number of hydrogen-bond donors (Lipinski definition) is 1. The van der Waals surface area contributed by atoms with Gasteiger partial charge in [-0.05, 0) is 62.1 Å². The van der Waals surface area contributed by atoms with E-state index in [2.05, 4.69) is 29.3 Å². The van der Waals surface area contributed by atoms with Crippen molar-refractivity contribution in [2.75, 3.05) is 33.9 Å². The van der Waals surface area contributed by atoms with Gasteiger partial charge in [0, 0.05) is 18.2 Å². The maximum atomic E-state index is 12.5. The zero-order valence-corrected chi connectivity index (χ0v) is 17.0. The molecule has 2 aromatic rings. The lowest BCUT2D eigenvalue weighted by Crippen LogP contribution is -2.37. The second kappa shape index (κ2) is 9.60. The highest BCUT2D eigenvalue weighted by molar-refractivity contribution is 5.78. The Morgan fingerprint density at radius 3 is 2.75 bits per heavy atom. The van der Waals surface area contributed by atoms with Gasteiger partial charge in [-0.3, -0.25) is 9.69 Å². The predicted molar refractivity (Wildman–Crippen MR) is 111 cm³/mol. The SMILES string of the molecule is COc1ccc(OC)c([C@@H]2CCCN2CC(=O)NCCc2ccccc2C)c1. The molecule has 1 saturated heterocycles. The highest BCUT2D eigenvalue weighted by Gasteiger charge is 2.30. The number of carbonyl (C=O) groups is 1. The summed E-state index contributed by atoms with van der Waals surface area (Å²) >= 11 is 0. The number of nitrogens with zero attached hydrogens (tertiary/aromatic N) is 1. The molecule has 150 valence electrons. The van der Waals surface area contributed by atoms with Crippen molar-refractivity contribution in [3.8, 4) is 11.5 Å². The molecule has 5 nitrogen and oxygen atoms in total. The topological polar surface area (TPSA) is 50.8 Å². The molecule has 0 spiro atoms. The fourth-order valence-electron chi connectivity index (χ4n) is 3.93. The Morgan fingerprint density at radius 1 is 1.18 bits per heavy atom. The van der Waals surface area contributed by atoms with Crippen LogP contribution in [0.3, 0.4) is 0 Å². The van der Waals surface area contributed by atoms with Crippen LogP contribution in [0.5, 0.6) is 11.5 Å². The van der Waals surface area contributed by atoms with E-state index in [0.29, 0.717) is 13.1 Å². The summed E-state index contributed by atoms with van der Waals surface area (Å²) in [6, 6.07) is 14.3. The summed E-state index contributed by atoms with van der Waals surface area (Å²) in [5.74, 6) is 1.73. The molecule has 5 heteroatoms. The van der Waals surface area contributed by atoms with Crippen LogP contribution in [-0.4, -0.2) is 44.7 Å². The molecule has 1 aliphatic rings. The Balaban J connectivity index is 1.59. The summed E-state index contributed by atoms with van der Waals surface area (Å²) in [5.41, 5.74) is 3.64. The third kappa shape index (κ3) is 4.84. The molecule has 0 radical (unpaired) electrons. The van der Waals surface area contributed by atoms with E-state index in [1.807, 2.05) is 30.3 Å². The molecule has 1 heterocycles. The fourth-order valence-corrected chi connectivity index (χ4v) is 3.93. The molecule has 1 aliphatic heterocycles. The van der Waals surface area contributed by atoms with Crippen molar-refractivity contribution >= 4 is 5.91 Å². The molecule has 2 aromatic carbocycles. The molecule has 0 bridgehead atoms. The summed E-state index contributed by atoms with van der Waals surface area (Å²) < 4.78 is 10.9. The van der Waals surface area contributed by atoms with E-state index in [1.54, 1.807) is 14.2 Å². The molecule has 1 amide bonds. The number of hydrogen-bond acceptors (Lipinski definition) is 4. The highest BCUT2D eigenvalue weighted by Crippen LogP contribution is 2.38. The smallest absolute Gasteiger partial charge is 0.234 e. The maximum absolute atomic E-state index is 12.5. The van der Waals surface area contributed by atoms with Crippen LogP contribution >= 0.6 is 0 Å². The first-order valence-electron chi connectivity index (χ1n) is 9.89. The van der Waals surface area contributed by atoms with Crippen molar-refractivity contribution in [3.63, 3.8) is 0 Å². The largest absolute Gasteiger partial charge is 0.497 e. The Labute approximate surface area is 167 Å². The highest BCUT2D eigenvalue weighted by atomic mass is 16.5. The number of likely N-dealkylation sites (tertiary alicyclic amines) is 1. The molecule has 0 aromatic heterocycles. The fraction of sp³-hybridized carbons (Fsp3) is 0.435. The Kier molecular flexibility index (Phi) is 6.93. The van der Waals surface area contributed by atoms with Crippen LogP contribution in [-0.2, 0) is 11.2 Å². The minimum Gasteiger partial charge on any atom is -0.497 e. The number of ether oxygens (including phenoxy) is 2. The third-order valence-corrected chi connectivity index (χ3v) is 5.48. The van der Waals surface area contributed by atoms with Gasteiger partial charge in [-0.25, -0.2) is 0 Å². The van der Waals surface area contributed by atoms with Crippen LogP contribution in [0.2, 0.25) is 0 Å². The number of nitrogens with one attached hydrogen (secondary N) is 1. The lowest BCUT2D eigenvalue weighted by Gasteiger charge is -2.26. The van der Waals surface area contributed by atoms with Gasteiger partial charge in [0.05, 0.1) is 20.8 Å². The van der Waals surface area contributed by atoms with Crippen LogP contribution in [0.15, 0.2) is 42.5 Å². The first-order valence-corrected chi connectivity index (χ1v) is 9.89. The van der Waals surface area contributed by atoms with Crippen LogP contribution in [0.4, 0.5) is 0 Å². The zero-order chi connectivity index (χ0) is 19.9. The molecule has 0 saturated carbocycles. The zero-order valence-electron chi connectivity index (χ0n) is 17.0. The van der Waals surface area contributed by atoms with Crippen LogP contribution in [0.25, 0.3) is 0 Å². The van der Waals surface area contributed by atoms with E-state index in [-0.39, 0.29) is 11.9 Å². The monoisotopic (exact) mass is 382 g/mol. The van der Waals surface area contributed by atoms with Crippen molar-refractivity contribution in [1.82, 2.24) is 10.2 Å². The number of amides is 1. The lowest BCUT2D eigenvalue weighted by atomic mass is 10.0. The quantitative estimate of drug-likeness (QED) is 0.759. The van der Waals surface area contributed by atoms with Gasteiger partial charge in [-0.1, -0.05) is 24.3 Å². The van der Waals surface area contributed by atoms with Gasteiger partial charge in [0.25, 0.3) is 0 Å². The Bertz CT molecular complexity index is 806. The van der Waals surface area contributed by atoms with Crippen molar-refractivity contribution in [2.24, 2.45) is 0 Å². The molecular weight excluding hydrogens is 352 g/mol. The molecular formula is C23H30N2O3. The Morgan fingerprint density at radius 2 is 2.00 bits per heavy atom. The molecule has 1 fully saturated rings. The van der Waals surface area contributed by atoms with Crippen molar-refractivity contribution in [1.29, 1.82) is 0 Å². The first kappa shape index (κ1) is 20.2. The van der Waals surface area contributed by atoms with E-state index >= 15 is 0 Å². The number of aryl methyl sites for hydroxylation is 1. The second-order valence-corrected chi connectivity index (χ2v) is 7.26. The van der Waals surface area contributed by atoms with E-state index in [4.69, 9.17) is 9.47 Å². The lowest BCUT2D eigenvalue weighted by molar-refractivity contribution is -0.122. The molecule has 1 atom stereocenters. The average Bonchev–Trinajstić information content (AvgIpc) is 3.16. The van der Waals surface area contributed by atoms with E-state index in [1.165, 1.54) is 11.1 Å². The molecule has 0 aliphatic carbocycles. The molecule has 1 N–H and O–H groups in total. The molecule has 28 heavy (non-hydrogen) atoms. The van der Waals surface area contributed by atoms with Gasteiger partial charge in [-0.2, -0.15) is 0 Å². The van der Waals surface area contributed by atoms with Crippen molar-refractivity contribution in [2.45, 2.75) is 32.2 Å². The summed E-state index contributed by atoms with van der Waals surface area (Å²) in [4.78, 5) is 14.8. The number of methoxy groups -OCH3 is 2. The third-order valence-electron chi connectivity index (χ3n) is 5.48. The number of carbonyl (C=O) groups excluding carboxylic acids is 1. The number of benzene rings is 2. The molecule has 0 unspecified atom stereocenters.